The summed E-state index contributed by atoms with van der Waals surface area (Å²) < 4.78 is 115. The summed E-state index contributed by atoms with van der Waals surface area (Å²) in [5.74, 6) is -20.4. The average molecular weight is 320 g/mol. The summed E-state index contributed by atoms with van der Waals surface area (Å²) in [5.41, 5.74) is 0. The van der Waals surface area contributed by atoms with Crippen LogP contribution < -0.4 is 0 Å². The Bertz CT molecular complexity index is 348. The largest absolute Gasteiger partial charge is 0.465 e. The SMILES string of the molecule is CCC(=O)OCCC(F)(F)C(F)(F)C(F)(F)C(F)(F)F. The van der Waals surface area contributed by atoms with E-state index in [1.54, 1.807) is 0 Å². The minimum Gasteiger partial charge on any atom is -0.465 e. The third-order valence-electron chi connectivity index (χ3n) is 2.18. The van der Waals surface area contributed by atoms with E-state index < -0.39 is 42.9 Å². The molecule has 0 heterocycles. The van der Waals surface area contributed by atoms with Crippen LogP contribution in [0.3, 0.4) is 0 Å². The first-order valence-corrected chi connectivity index (χ1v) is 5.06. The fourth-order valence-electron chi connectivity index (χ4n) is 0.960. The molecule has 11 heteroatoms. The zero-order valence-electron chi connectivity index (χ0n) is 9.84. The molecule has 0 aliphatic rings. The maximum atomic E-state index is 12.9. The van der Waals surface area contributed by atoms with E-state index in [0.29, 0.717) is 0 Å². The summed E-state index contributed by atoms with van der Waals surface area (Å²) >= 11 is 0. The van der Waals surface area contributed by atoms with Crippen LogP contribution in [0.2, 0.25) is 0 Å². The highest BCUT2D eigenvalue weighted by Gasteiger charge is 2.81. The first-order chi connectivity index (χ1) is 8.70. The standard InChI is InChI=1S/C9H9F9O2/c1-2-5(19)20-4-3-6(10,11)7(12,13)8(14,15)9(16,17)18/h2-4H2,1H3. The summed E-state index contributed by atoms with van der Waals surface area (Å²) in [6, 6.07) is 0. The van der Waals surface area contributed by atoms with E-state index in [9.17, 15) is 44.3 Å². The maximum absolute atomic E-state index is 12.9. The Morgan fingerprint density at radius 3 is 1.70 bits per heavy atom. The third kappa shape index (κ3) is 3.48. The van der Waals surface area contributed by atoms with Crippen molar-refractivity contribution in [2.75, 3.05) is 6.61 Å². The molecule has 0 spiro atoms. The molecule has 0 saturated carbocycles. The predicted molar refractivity (Wildman–Crippen MR) is 46.8 cm³/mol. The van der Waals surface area contributed by atoms with Gasteiger partial charge in [0.2, 0.25) is 0 Å². The number of ether oxygens (including phenoxy) is 1. The normalized spacial score (nSPS) is 14.3. The Morgan fingerprint density at radius 1 is 0.900 bits per heavy atom. The summed E-state index contributed by atoms with van der Waals surface area (Å²) in [7, 11) is 0. The van der Waals surface area contributed by atoms with Crippen molar-refractivity contribution in [3.05, 3.63) is 0 Å². The number of halogens is 9. The number of esters is 1. The third-order valence-corrected chi connectivity index (χ3v) is 2.18. The van der Waals surface area contributed by atoms with Gasteiger partial charge in [-0.3, -0.25) is 4.79 Å². The molecule has 2 nitrogen and oxygen atoms in total. The summed E-state index contributed by atoms with van der Waals surface area (Å²) in [6.07, 6.45) is -9.32. The minimum atomic E-state index is -6.92. The van der Waals surface area contributed by atoms with E-state index in [-0.39, 0.29) is 6.42 Å². The van der Waals surface area contributed by atoms with Crippen LogP contribution in [0.1, 0.15) is 19.8 Å². The lowest BCUT2D eigenvalue weighted by molar-refractivity contribution is -0.397. The minimum absolute atomic E-state index is 0.305. The Hall–Kier alpha value is -1.16. The van der Waals surface area contributed by atoms with E-state index in [4.69, 9.17) is 0 Å². The smallest absolute Gasteiger partial charge is 0.460 e. The molecule has 0 aromatic carbocycles. The lowest BCUT2D eigenvalue weighted by Crippen LogP contribution is -2.61. The lowest BCUT2D eigenvalue weighted by Gasteiger charge is -2.33. The molecule has 20 heavy (non-hydrogen) atoms. The van der Waals surface area contributed by atoms with Crippen molar-refractivity contribution in [1.29, 1.82) is 0 Å². The fourth-order valence-corrected chi connectivity index (χ4v) is 0.960. The molecule has 0 atom stereocenters. The van der Waals surface area contributed by atoms with Gasteiger partial charge in [0.15, 0.2) is 0 Å². The molecule has 0 N–H and O–H groups in total. The topological polar surface area (TPSA) is 26.3 Å². The first-order valence-electron chi connectivity index (χ1n) is 5.06. The van der Waals surface area contributed by atoms with Gasteiger partial charge >= 0.3 is 29.9 Å². The van der Waals surface area contributed by atoms with Crippen molar-refractivity contribution in [2.45, 2.75) is 43.7 Å². The van der Waals surface area contributed by atoms with Crippen molar-refractivity contribution in [3.8, 4) is 0 Å². The second-order valence-corrected chi connectivity index (χ2v) is 3.68. The van der Waals surface area contributed by atoms with Crippen LogP contribution in [0.25, 0.3) is 0 Å². The molecule has 0 aromatic heterocycles. The molecule has 0 bridgehead atoms. The zero-order chi connectivity index (χ0) is 16.4. The van der Waals surface area contributed by atoms with Gasteiger partial charge in [0.1, 0.15) is 0 Å². The molecule has 0 aliphatic heterocycles. The number of hydrogen-bond acceptors (Lipinski definition) is 2. The van der Waals surface area contributed by atoms with Gasteiger partial charge in [-0.25, -0.2) is 0 Å². The van der Waals surface area contributed by atoms with Gasteiger partial charge in [-0.1, -0.05) is 6.92 Å². The molecule has 0 amide bonds. The molecule has 0 aromatic rings. The molecule has 0 rings (SSSR count). The second-order valence-electron chi connectivity index (χ2n) is 3.68. The lowest BCUT2D eigenvalue weighted by atomic mass is 10.0. The van der Waals surface area contributed by atoms with Gasteiger partial charge in [0.25, 0.3) is 0 Å². The molecule has 0 aliphatic carbocycles. The van der Waals surface area contributed by atoms with Crippen LogP contribution in [0.4, 0.5) is 39.5 Å². The number of hydrogen-bond donors (Lipinski definition) is 0. The summed E-state index contributed by atoms with van der Waals surface area (Å²) in [5, 5.41) is 0. The highest BCUT2D eigenvalue weighted by atomic mass is 19.4. The van der Waals surface area contributed by atoms with Crippen molar-refractivity contribution in [1.82, 2.24) is 0 Å². The second kappa shape index (κ2) is 5.68. The van der Waals surface area contributed by atoms with Crippen molar-refractivity contribution in [2.24, 2.45) is 0 Å². The highest BCUT2D eigenvalue weighted by molar-refractivity contribution is 5.68. The molecular formula is C9H9F9O2. The Balaban J connectivity index is 5.03. The van der Waals surface area contributed by atoms with Gasteiger partial charge in [-0.05, 0) is 0 Å². The van der Waals surface area contributed by atoms with E-state index in [1.807, 2.05) is 0 Å². The summed E-state index contributed by atoms with van der Waals surface area (Å²) in [6.45, 7) is -0.184. The molecule has 120 valence electrons. The molecule has 0 saturated heterocycles. The van der Waals surface area contributed by atoms with E-state index in [0.717, 1.165) is 0 Å². The van der Waals surface area contributed by atoms with Gasteiger partial charge in [-0.2, -0.15) is 39.5 Å². The van der Waals surface area contributed by atoms with E-state index >= 15 is 0 Å². The van der Waals surface area contributed by atoms with E-state index in [1.165, 1.54) is 6.92 Å². The number of carbonyl (C=O) groups excluding carboxylic acids is 1. The Kier molecular flexibility index (Phi) is 5.35. The maximum Gasteiger partial charge on any atom is 0.460 e. The van der Waals surface area contributed by atoms with Gasteiger partial charge in [0.05, 0.1) is 13.0 Å². The molecular weight excluding hydrogens is 311 g/mol. The van der Waals surface area contributed by atoms with Gasteiger partial charge in [0, 0.05) is 6.42 Å². The fraction of sp³-hybridized carbons (Fsp3) is 0.889. The molecule has 0 fully saturated rings. The van der Waals surface area contributed by atoms with Crippen LogP contribution in [0.15, 0.2) is 0 Å². The molecule has 0 unspecified atom stereocenters. The van der Waals surface area contributed by atoms with Gasteiger partial charge < -0.3 is 4.74 Å². The van der Waals surface area contributed by atoms with E-state index in [2.05, 4.69) is 4.74 Å². The van der Waals surface area contributed by atoms with Crippen LogP contribution in [0.5, 0.6) is 0 Å². The zero-order valence-corrected chi connectivity index (χ0v) is 9.84. The van der Waals surface area contributed by atoms with Crippen LogP contribution in [-0.2, 0) is 9.53 Å². The monoisotopic (exact) mass is 320 g/mol. The number of carbonyl (C=O) groups is 1. The summed E-state index contributed by atoms with van der Waals surface area (Å²) in [4.78, 5) is 10.5. The quantitative estimate of drug-likeness (QED) is 0.550. The number of alkyl halides is 9. The average Bonchev–Trinajstić information content (AvgIpc) is 2.26. The van der Waals surface area contributed by atoms with Crippen LogP contribution >= 0.6 is 0 Å². The van der Waals surface area contributed by atoms with Gasteiger partial charge in [-0.15, -0.1) is 0 Å². The van der Waals surface area contributed by atoms with Crippen LogP contribution in [0, 0.1) is 0 Å². The van der Waals surface area contributed by atoms with Crippen LogP contribution in [-0.4, -0.2) is 36.5 Å². The number of rotatable bonds is 6. The predicted octanol–water partition coefficient (Wildman–Crippen LogP) is 3.80. The van der Waals surface area contributed by atoms with Crippen molar-refractivity contribution < 1.29 is 49.0 Å². The Labute approximate surface area is 106 Å². The Morgan fingerprint density at radius 2 is 1.35 bits per heavy atom. The van der Waals surface area contributed by atoms with Crippen molar-refractivity contribution >= 4 is 5.97 Å². The van der Waals surface area contributed by atoms with Crippen molar-refractivity contribution in [3.63, 3.8) is 0 Å². The molecule has 0 radical (unpaired) electrons. The highest BCUT2D eigenvalue weighted by Crippen LogP contribution is 2.53. The first kappa shape index (κ1) is 18.8.